The van der Waals surface area contributed by atoms with Crippen LogP contribution >= 0.6 is 0 Å². The molecule has 0 rings (SSSR count). The molecule has 0 bridgehead atoms. The molecule has 3 nitrogen and oxygen atoms in total. The van der Waals surface area contributed by atoms with Crippen molar-refractivity contribution >= 4 is 12.0 Å². The van der Waals surface area contributed by atoms with E-state index < -0.39 is 6.10 Å². The van der Waals surface area contributed by atoms with Crippen molar-refractivity contribution in [2.75, 3.05) is 0 Å². The number of rotatable bonds is 3. The van der Waals surface area contributed by atoms with Crippen LogP contribution in [0.25, 0.3) is 0 Å². The SMILES string of the molecule is CC(=O)C[C@H](O)C=N. The molecule has 0 aromatic rings. The van der Waals surface area contributed by atoms with Crippen LogP contribution in [0.1, 0.15) is 13.3 Å². The van der Waals surface area contributed by atoms with Crippen molar-refractivity contribution in [3.05, 3.63) is 0 Å². The second kappa shape index (κ2) is 3.32. The van der Waals surface area contributed by atoms with Crippen molar-refractivity contribution in [2.45, 2.75) is 19.4 Å². The molecular formula is C5H9NO2. The molecule has 0 aliphatic rings. The van der Waals surface area contributed by atoms with Crippen LogP contribution in [0.15, 0.2) is 0 Å². The fourth-order valence-electron chi connectivity index (χ4n) is 0.353. The Morgan fingerprint density at radius 2 is 2.50 bits per heavy atom. The second-order valence-electron chi connectivity index (χ2n) is 1.64. The highest BCUT2D eigenvalue weighted by atomic mass is 16.3. The van der Waals surface area contributed by atoms with Crippen LogP contribution in [0.2, 0.25) is 0 Å². The van der Waals surface area contributed by atoms with Gasteiger partial charge in [0, 0.05) is 12.6 Å². The van der Waals surface area contributed by atoms with E-state index in [1.165, 1.54) is 6.92 Å². The van der Waals surface area contributed by atoms with Gasteiger partial charge in [-0.1, -0.05) is 0 Å². The fourth-order valence-corrected chi connectivity index (χ4v) is 0.353. The number of nitrogens with one attached hydrogen (secondary N) is 1. The van der Waals surface area contributed by atoms with Gasteiger partial charge in [0.05, 0.1) is 6.10 Å². The monoisotopic (exact) mass is 115 g/mol. The molecule has 0 heterocycles. The largest absolute Gasteiger partial charge is 0.387 e. The van der Waals surface area contributed by atoms with Crippen LogP contribution in [0.5, 0.6) is 0 Å². The Labute approximate surface area is 47.8 Å². The number of ketones is 1. The number of hydrogen-bond donors (Lipinski definition) is 2. The first-order chi connectivity index (χ1) is 3.66. The Kier molecular flexibility index (Phi) is 3.03. The first-order valence-corrected chi connectivity index (χ1v) is 2.35. The minimum Gasteiger partial charge on any atom is -0.387 e. The normalized spacial score (nSPS) is 12.8. The number of aliphatic hydroxyl groups excluding tert-OH is 1. The summed E-state index contributed by atoms with van der Waals surface area (Å²) in [5.74, 6) is -0.0963. The van der Waals surface area contributed by atoms with E-state index in [1.807, 2.05) is 0 Å². The molecule has 0 saturated heterocycles. The van der Waals surface area contributed by atoms with E-state index in [0.29, 0.717) is 0 Å². The zero-order valence-corrected chi connectivity index (χ0v) is 4.72. The molecule has 0 unspecified atom stereocenters. The summed E-state index contributed by atoms with van der Waals surface area (Å²) >= 11 is 0. The predicted molar refractivity (Wildman–Crippen MR) is 30.1 cm³/mol. The van der Waals surface area contributed by atoms with Crippen molar-refractivity contribution in [2.24, 2.45) is 0 Å². The van der Waals surface area contributed by atoms with E-state index in [0.717, 1.165) is 6.21 Å². The molecule has 0 aliphatic heterocycles. The van der Waals surface area contributed by atoms with E-state index in [9.17, 15) is 4.79 Å². The average molecular weight is 115 g/mol. The molecule has 2 N–H and O–H groups in total. The molecule has 0 aromatic heterocycles. The van der Waals surface area contributed by atoms with Gasteiger partial charge in [0.2, 0.25) is 0 Å². The molecule has 0 fully saturated rings. The Morgan fingerprint density at radius 1 is 2.00 bits per heavy atom. The molecule has 0 amide bonds. The highest BCUT2D eigenvalue weighted by Crippen LogP contribution is 1.86. The van der Waals surface area contributed by atoms with Crippen LogP contribution in [0.3, 0.4) is 0 Å². The number of carbonyl (C=O) groups is 1. The molecular weight excluding hydrogens is 106 g/mol. The smallest absolute Gasteiger partial charge is 0.132 e. The van der Waals surface area contributed by atoms with Crippen LogP contribution in [0, 0.1) is 5.41 Å². The molecule has 46 valence electrons. The molecule has 8 heavy (non-hydrogen) atoms. The topological polar surface area (TPSA) is 61.1 Å². The lowest BCUT2D eigenvalue weighted by atomic mass is 10.2. The standard InChI is InChI=1S/C5H9NO2/c1-4(7)2-5(8)3-6/h3,5-6,8H,2H2,1H3/t5-/m0/s1. The third kappa shape index (κ3) is 3.49. The van der Waals surface area contributed by atoms with Gasteiger partial charge in [0.25, 0.3) is 0 Å². The third-order valence-corrected chi connectivity index (χ3v) is 0.689. The van der Waals surface area contributed by atoms with Gasteiger partial charge >= 0.3 is 0 Å². The predicted octanol–water partition coefficient (Wildman–Crippen LogP) is -0.0240. The lowest BCUT2D eigenvalue weighted by Gasteiger charge is -1.96. The highest BCUT2D eigenvalue weighted by Gasteiger charge is 2.00. The van der Waals surface area contributed by atoms with Crippen molar-refractivity contribution in [3.63, 3.8) is 0 Å². The van der Waals surface area contributed by atoms with Crippen molar-refractivity contribution in [1.82, 2.24) is 0 Å². The minimum atomic E-state index is -0.882. The Balaban J connectivity index is 3.38. The molecule has 0 saturated carbocycles. The van der Waals surface area contributed by atoms with Gasteiger partial charge in [-0.25, -0.2) is 0 Å². The molecule has 0 aliphatic carbocycles. The Morgan fingerprint density at radius 3 is 2.62 bits per heavy atom. The van der Waals surface area contributed by atoms with Crippen LogP contribution in [-0.2, 0) is 4.79 Å². The van der Waals surface area contributed by atoms with Gasteiger partial charge in [-0.3, -0.25) is 4.79 Å². The van der Waals surface area contributed by atoms with Gasteiger partial charge in [-0.15, -0.1) is 0 Å². The van der Waals surface area contributed by atoms with Gasteiger partial charge in [0.15, 0.2) is 0 Å². The van der Waals surface area contributed by atoms with Gasteiger partial charge < -0.3 is 10.5 Å². The maximum atomic E-state index is 10.1. The minimum absolute atomic E-state index is 0.0590. The van der Waals surface area contributed by atoms with Gasteiger partial charge in [-0.05, 0) is 6.92 Å². The van der Waals surface area contributed by atoms with Crippen LogP contribution in [-0.4, -0.2) is 23.2 Å². The van der Waals surface area contributed by atoms with Crippen molar-refractivity contribution in [3.8, 4) is 0 Å². The number of hydrogen-bond acceptors (Lipinski definition) is 3. The summed E-state index contributed by atoms with van der Waals surface area (Å²) in [5, 5.41) is 15.0. The summed E-state index contributed by atoms with van der Waals surface area (Å²) in [6.07, 6.45) is 0.0257. The van der Waals surface area contributed by atoms with Crippen molar-refractivity contribution < 1.29 is 9.90 Å². The van der Waals surface area contributed by atoms with Crippen LogP contribution < -0.4 is 0 Å². The summed E-state index contributed by atoms with van der Waals surface area (Å²) in [7, 11) is 0. The van der Waals surface area contributed by atoms with E-state index in [2.05, 4.69) is 0 Å². The summed E-state index contributed by atoms with van der Waals surface area (Å²) in [4.78, 5) is 10.1. The Hall–Kier alpha value is -0.700. The lowest BCUT2D eigenvalue weighted by Crippen LogP contribution is -2.11. The number of aliphatic hydroxyl groups is 1. The number of carbonyl (C=O) groups excluding carboxylic acids is 1. The van der Waals surface area contributed by atoms with Crippen molar-refractivity contribution in [1.29, 1.82) is 5.41 Å². The maximum absolute atomic E-state index is 10.1. The molecule has 0 radical (unpaired) electrons. The first-order valence-electron chi connectivity index (χ1n) is 2.35. The fraction of sp³-hybridized carbons (Fsp3) is 0.600. The summed E-state index contributed by atoms with van der Waals surface area (Å²) in [6.45, 7) is 1.38. The van der Waals surface area contributed by atoms with Crippen LogP contribution in [0.4, 0.5) is 0 Å². The van der Waals surface area contributed by atoms with E-state index in [4.69, 9.17) is 10.5 Å². The summed E-state index contributed by atoms with van der Waals surface area (Å²) in [5.41, 5.74) is 0. The molecule has 0 spiro atoms. The number of Topliss-reactive ketones (excluding diaryl/α,β-unsaturated/α-hetero) is 1. The average Bonchev–Trinajstić information content (AvgIpc) is 1.65. The maximum Gasteiger partial charge on any atom is 0.132 e. The molecule has 3 heteroatoms. The van der Waals surface area contributed by atoms with E-state index in [1.54, 1.807) is 0 Å². The van der Waals surface area contributed by atoms with Gasteiger partial charge in [-0.2, -0.15) is 0 Å². The third-order valence-electron chi connectivity index (χ3n) is 0.689. The first kappa shape index (κ1) is 7.30. The van der Waals surface area contributed by atoms with E-state index in [-0.39, 0.29) is 12.2 Å². The molecule has 0 aromatic carbocycles. The zero-order chi connectivity index (χ0) is 6.57. The zero-order valence-electron chi connectivity index (χ0n) is 4.72. The second-order valence-corrected chi connectivity index (χ2v) is 1.64. The summed E-state index contributed by atoms with van der Waals surface area (Å²) < 4.78 is 0. The van der Waals surface area contributed by atoms with E-state index >= 15 is 0 Å². The highest BCUT2D eigenvalue weighted by molar-refractivity contribution is 5.79. The quantitative estimate of drug-likeness (QED) is 0.507. The Bertz CT molecular complexity index is 101. The van der Waals surface area contributed by atoms with Gasteiger partial charge in [0.1, 0.15) is 5.78 Å². The summed E-state index contributed by atoms with van der Waals surface area (Å²) in [6, 6.07) is 0. The lowest BCUT2D eigenvalue weighted by molar-refractivity contribution is -0.118. The molecule has 1 atom stereocenters.